The van der Waals surface area contributed by atoms with Crippen molar-refractivity contribution in [1.82, 2.24) is 5.32 Å². The molecule has 0 bridgehead atoms. The van der Waals surface area contributed by atoms with Gasteiger partial charge >= 0.3 is 0 Å². The first-order chi connectivity index (χ1) is 6.00. The summed E-state index contributed by atoms with van der Waals surface area (Å²) in [7, 11) is -0.731. The lowest BCUT2D eigenvalue weighted by Gasteiger charge is -2.26. The van der Waals surface area contributed by atoms with Crippen molar-refractivity contribution in [3.63, 3.8) is 0 Å². The second-order valence-electron chi connectivity index (χ2n) is 3.38. The normalized spacial score (nSPS) is 28.8. The second-order valence-corrected chi connectivity index (χ2v) is 4.93. The van der Waals surface area contributed by atoms with Crippen molar-refractivity contribution < 1.29 is 9.00 Å². The van der Waals surface area contributed by atoms with Crippen molar-refractivity contribution in [3.8, 4) is 0 Å². The standard InChI is InChI=1S/C8H14N2O2S/c1-5(6(2)9)8(11)10-7-3-13(12)4-7/h5,7,9H,3-4H2,1-2H3,(H,10,11). The number of nitrogens with one attached hydrogen (secondary N) is 2. The fourth-order valence-corrected chi connectivity index (χ4v) is 1.97. The summed E-state index contributed by atoms with van der Waals surface area (Å²) in [5.74, 6) is 0.633. The Morgan fingerprint density at radius 1 is 1.62 bits per heavy atom. The van der Waals surface area contributed by atoms with Crippen molar-refractivity contribution in [2.24, 2.45) is 5.92 Å². The van der Waals surface area contributed by atoms with Gasteiger partial charge in [-0.3, -0.25) is 9.00 Å². The van der Waals surface area contributed by atoms with E-state index in [1.165, 1.54) is 0 Å². The maximum absolute atomic E-state index is 11.3. The van der Waals surface area contributed by atoms with Crippen LogP contribution in [0.4, 0.5) is 0 Å². The van der Waals surface area contributed by atoms with Crippen LogP contribution in [0.15, 0.2) is 0 Å². The Bertz CT molecular complexity index is 257. The van der Waals surface area contributed by atoms with Gasteiger partial charge in [-0.05, 0) is 13.8 Å². The van der Waals surface area contributed by atoms with Crippen molar-refractivity contribution >= 4 is 22.4 Å². The van der Waals surface area contributed by atoms with Gasteiger partial charge in [-0.25, -0.2) is 0 Å². The van der Waals surface area contributed by atoms with Crippen LogP contribution >= 0.6 is 0 Å². The lowest BCUT2D eigenvalue weighted by Crippen LogP contribution is -2.52. The predicted octanol–water partition coefficient (Wildman–Crippen LogP) is -0.0907. The third-order valence-electron chi connectivity index (χ3n) is 2.16. The molecule has 0 aromatic carbocycles. The highest BCUT2D eigenvalue weighted by Crippen LogP contribution is 2.06. The van der Waals surface area contributed by atoms with Gasteiger partial charge in [0.1, 0.15) is 0 Å². The Morgan fingerprint density at radius 3 is 2.54 bits per heavy atom. The maximum Gasteiger partial charge on any atom is 0.228 e. The minimum absolute atomic E-state index is 0.0649. The molecule has 74 valence electrons. The molecule has 1 fully saturated rings. The van der Waals surface area contributed by atoms with E-state index in [1.807, 2.05) is 0 Å². The van der Waals surface area contributed by atoms with E-state index in [0.29, 0.717) is 17.2 Å². The van der Waals surface area contributed by atoms with Crippen LogP contribution in [0.1, 0.15) is 13.8 Å². The fourth-order valence-electron chi connectivity index (χ4n) is 1.01. The molecule has 0 aromatic heterocycles. The summed E-state index contributed by atoms with van der Waals surface area (Å²) in [6.07, 6.45) is 0. The van der Waals surface area contributed by atoms with Crippen LogP contribution in [0, 0.1) is 11.3 Å². The van der Waals surface area contributed by atoms with E-state index in [0.717, 1.165) is 0 Å². The first-order valence-corrected chi connectivity index (χ1v) is 5.70. The fraction of sp³-hybridized carbons (Fsp3) is 0.750. The summed E-state index contributed by atoms with van der Waals surface area (Å²) >= 11 is 0. The highest BCUT2D eigenvalue weighted by atomic mass is 32.2. The molecular weight excluding hydrogens is 188 g/mol. The number of carbonyl (C=O) groups is 1. The average molecular weight is 202 g/mol. The maximum atomic E-state index is 11.3. The molecule has 0 spiro atoms. The Labute approximate surface area is 80.1 Å². The van der Waals surface area contributed by atoms with Gasteiger partial charge in [-0.1, -0.05) is 0 Å². The molecule has 1 heterocycles. The van der Waals surface area contributed by atoms with Crippen LogP contribution < -0.4 is 5.32 Å². The van der Waals surface area contributed by atoms with Crippen LogP contribution in [-0.4, -0.2) is 33.4 Å². The highest BCUT2D eigenvalue weighted by molar-refractivity contribution is 7.86. The molecule has 4 nitrogen and oxygen atoms in total. The minimum Gasteiger partial charge on any atom is -0.351 e. The van der Waals surface area contributed by atoms with Crippen LogP contribution in [-0.2, 0) is 15.6 Å². The molecule has 5 heteroatoms. The second kappa shape index (κ2) is 4.00. The van der Waals surface area contributed by atoms with E-state index in [2.05, 4.69) is 5.32 Å². The zero-order valence-electron chi connectivity index (χ0n) is 7.79. The van der Waals surface area contributed by atoms with Gasteiger partial charge in [-0.15, -0.1) is 0 Å². The molecule has 0 aromatic rings. The van der Waals surface area contributed by atoms with Gasteiger partial charge in [0.2, 0.25) is 5.91 Å². The molecule has 2 N–H and O–H groups in total. The number of hydrogen-bond donors (Lipinski definition) is 2. The van der Waals surface area contributed by atoms with Crippen molar-refractivity contribution in [2.75, 3.05) is 11.5 Å². The zero-order valence-corrected chi connectivity index (χ0v) is 8.61. The van der Waals surface area contributed by atoms with Gasteiger partial charge < -0.3 is 10.7 Å². The van der Waals surface area contributed by atoms with Crippen LogP contribution in [0.25, 0.3) is 0 Å². The van der Waals surface area contributed by atoms with Crippen LogP contribution in [0.5, 0.6) is 0 Å². The minimum atomic E-state index is -0.731. The molecule has 0 saturated carbocycles. The van der Waals surface area contributed by atoms with E-state index in [9.17, 15) is 9.00 Å². The molecule has 1 atom stereocenters. The quantitative estimate of drug-likeness (QED) is 0.628. The molecule has 1 rings (SSSR count). The van der Waals surface area contributed by atoms with Gasteiger partial charge in [0, 0.05) is 28.0 Å². The molecule has 1 saturated heterocycles. The third kappa shape index (κ3) is 2.62. The van der Waals surface area contributed by atoms with Crippen LogP contribution in [0.2, 0.25) is 0 Å². The zero-order chi connectivity index (χ0) is 10.0. The van der Waals surface area contributed by atoms with Crippen molar-refractivity contribution in [1.29, 1.82) is 5.41 Å². The smallest absolute Gasteiger partial charge is 0.228 e. The largest absolute Gasteiger partial charge is 0.351 e. The molecule has 0 aliphatic carbocycles. The Balaban J connectivity index is 2.33. The summed E-state index contributed by atoms with van der Waals surface area (Å²) in [5, 5.41) is 10.0. The Morgan fingerprint density at radius 2 is 2.15 bits per heavy atom. The summed E-state index contributed by atoms with van der Waals surface area (Å²) in [6, 6.07) is 0.0649. The number of rotatable bonds is 3. The first kappa shape index (κ1) is 10.4. The van der Waals surface area contributed by atoms with E-state index >= 15 is 0 Å². The monoisotopic (exact) mass is 202 g/mol. The Kier molecular flexibility index (Phi) is 3.19. The van der Waals surface area contributed by atoms with E-state index in [-0.39, 0.29) is 17.9 Å². The van der Waals surface area contributed by atoms with E-state index < -0.39 is 10.8 Å². The average Bonchev–Trinajstić information content (AvgIpc) is 2.00. The molecule has 1 unspecified atom stereocenters. The van der Waals surface area contributed by atoms with Gasteiger partial charge in [-0.2, -0.15) is 0 Å². The SMILES string of the molecule is CC(=N)C(C)C(=O)NC1CS(=O)C1. The molecule has 1 aliphatic heterocycles. The molecule has 13 heavy (non-hydrogen) atoms. The number of amides is 1. The number of carbonyl (C=O) groups excluding carboxylic acids is 1. The van der Waals surface area contributed by atoms with Gasteiger partial charge in [0.25, 0.3) is 0 Å². The van der Waals surface area contributed by atoms with E-state index in [4.69, 9.17) is 5.41 Å². The Hall–Kier alpha value is -0.710. The predicted molar refractivity (Wildman–Crippen MR) is 52.4 cm³/mol. The molecular formula is C8H14N2O2S. The summed E-state index contributed by atoms with van der Waals surface area (Å²) in [4.78, 5) is 11.3. The molecule has 0 radical (unpaired) electrons. The van der Waals surface area contributed by atoms with Crippen molar-refractivity contribution in [2.45, 2.75) is 19.9 Å². The third-order valence-corrected chi connectivity index (χ3v) is 3.71. The summed E-state index contributed by atoms with van der Waals surface area (Å²) in [5.41, 5.74) is 0.359. The van der Waals surface area contributed by atoms with E-state index in [1.54, 1.807) is 13.8 Å². The van der Waals surface area contributed by atoms with Gasteiger partial charge in [0.15, 0.2) is 0 Å². The molecule has 1 aliphatic rings. The van der Waals surface area contributed by atoms with Crippen molar-refractivity contribution in [3.05, 3.63) is 0 Å². The lowest BCUT2D eigenvalue weighted by atomic mass is 10.1. The highest BCUT2D eigenvalue weighted by Gasteiger charge is 2.28. The summed E-state index contributed by atoms with van der Waals surface area (Å²) in [6.45, 7) is 3.32. The lowest BCUT2D eigenvalue weighted by molar-refractivity contribution is -0.123. The van der Waals surface area contributed by atoms with Crippen LogP contribution in [0.3, 0.4) is 0 Å². The topological polar surface area (TPSA) is 70.0 Å². The summed E-state index contributed by atoms with van der Waals surface area (Å²) < 4.78 is 10.7. The number of hydrogen-bond acceptors (Lipinski definition) is 3. The first-order valence-electron chi connectivity index (χ1n) is 4.21. The molecule has 1 amide bonds. The van der Waals surface area contributed by atoms with Gasteiger partial charge in [0.05, 0.1) is 12.0 Å².